The van der Waals surface area contributed by atoms with Gasteiger partial charge in [-0.2, -0.15) is 0 Å². The van der Waals surface area contributed by atoms with Crippen molar-refractivity contribution in [1.29, 1.82) is 0 Å². The third-order valence-corrected chi connectivity index (χ3v) is 3.50. The number of rotatable bonds is 7. The lowest BCUT2D eigenvalue weighted by molar-refractivity contribution is 0.162. The minimum absolute atomic E-state index is 0.530. The van der Waals surface area contributed by atoms with Crippen molar-refractivity contribution in [3.63, 3.8) is 0 Å². The van der Waals surface area contributed by atoms with Crippen LogP contribution in [0.25, 0.3) is 0 Å². The SMILES string of the molecule is CCN(C)CCNCC(O)c1ccc2c(c1)OCCO2. The van der Waals surface area contributed by atoms with E-state index >= 15 is 0 Å². The molecule has 5 nitrogen and oxygen atoms in total. The first-order valence-electron chi connectivity index (χ1n) is 7.17. The van der Waals surface area contributed by atoms with E-state index in [1.54, 1.807) is 0 Å². The molecule has 0 fully saturated rings. The fraction of sp³-hybridized carbons (Fsp3) is 0.600. The Morgan fingerprint density at radius 1 is 1.30 bits per heavy atom. The Hall–Kier alpha value is -1.30. The van der Waals surface area contributed by atoms with E-state index in [0.29, 0.717) is 19.8 Å². The van der Waals surface area contributed by atoms with Crippen LogP contribution in [0.5, 0.6) is 11.5 Å². The number of nitrogens with one attached hydrogen (secondary N) is 1. The molecule has 0 radical (unpaired) electrons. The summed E-state index contributed by atoms with van der Waals surface area (Å²) < 4.78 is 11.0. The van der Waals surface area contributed by atoms with Crippen LogP contribution >= 0.6 is 0 Å². The largest absolute Gasteiger partial charge is 0.486 e. The number of aliphatic hydroxyl groups is 1. The maximum Gasteiger partial charge on any atom is 0.161 e. The summed E-state index contributed by atoms with van der Waals surface area (Å²) in [5.41, 5.74) is 0.852. The van der Waals surface area contributed by atoms with Crippen LogP contribution in [0.2, 0.25) is 0 Å². The molecular weight excluding hydrogens is 256 g/mol. The number of hydrogen-bond donors (Lipinski definition) is 2. The second-order valence-corrected chi connectivity index (χ2v) is 5.02. The summed E-state index contributed by atoms with van der Waals surface area (Å²) in [5, 5.41) is 13.4. The van der Waals surface area contributed by atoms with Gasteiger partial charge in [0.15, 0.2) is 11.5 Å². The zero-order valence-corrected chi connectivity index (χ0v) is 12.3. The molecule has 1 aliphatic rings. The molecule has 0 saturated carbocycles. The van der Waals surface area contributed by atoms with Crippen LogP contribution in [-0.2, 0) is 0 Å². The maximum atomic E-state index is 10.2. The second-order valence-electron chi connectivity index (χ2n) is 5.02. The lowest BCUT2D eigenvalue weighted by atomic mass is 10.1. The van der Waals surface area contributed by atoms with E-state index in [1.165, 1.54) is 0 Å². The molecule has 2 rings (SSSR count). The Bertz CT molecular complexity index is 426. The minimum Gasteiger partial charge on any atom is -0.486 e. The van der Waals surface area contributed by atoms with E-state index in [0.717, 1.165) is 36.7 Å². The van der Waals surface area contributed by atoms with E-state index in [2.05, 4.69) is 24.2 Å². The Labute approximate surface area is 120 Å². The number of hydrogen-bond acceptors (Lipinski definition) is 5. The van der Waals surface area contributed by atoms with Crippen LogP contribution < -0.4 is 14.8 Å². The van der Waals surface area contributed by atoms with Crippen molar-refractivity contribution < 1.29 is 14.6 Å². The van der Waals surface area contributed by atoms with Crippen LogP contribution in [0.3, 0.4) is 0 Å². The molecule has 0 aromatic heterocycles. The van der Waals surface area contributed by atoms with Crippen molar-refractivity contribution in [3.8, 4) is 11.5 Å². The molecule has 2 N–H and O–H groups in total. The molecule has 0 saturated heterocycles. The third-order valence-electron chi connectivity index (χ3n) is 3.50. The van der Waals surface area contributed by atoms with Gasteiger partial charge in [0.1, 0.15) is 13.2 Å². The van der Waals surface area contributed by atoms with Crippen molar-refractivity contribution >= 4 is 0 Å². The molecule has 0 spiro atoms. The fourth-order valence-electron chi connectivity index (χ4n) is 2.05. The van der Waals surface area contributed by atoms with Gasteiger partial charge in [-0.3, -0.25) is 0 Å². The molecule has 1 atom stereocenters. The Balaban J connectivity index is 1.81. The van der Waals surface area contributed by atoms with Crippen molar-refractivity contribution in [2.45, 2.75) is 13.0 Å². The molecule has 20 heavy (non-hydrogen) atoms. The lowest BCUT2D eigenvalue weighted by Gasteiger charge is -2.20. The highest BCUT2D eigenvalue weighted by Gasteiger charge is 2.15. The summed E-state index contributed by atoms with van der Waals surface area (Å²) in [6.45, 7) is 6.69. The number of benzene rings is 1. The third kappa shape index (κ3) is 4.10. The van der Waals surface area contributed by atoms with Crippen LogP contribution in [0.15, 0.2) is 18.2 Å². The summed E-state index contributed by atoms with van der Waals surface area (Å²) in [6.07, 6.45) is -0.530. The Morgan fingerprint density at radius 3 is 2.80 bits per heavy atom. The fourth-order valence-corrected chi connectivity index (χ4v) is 2.05. The predicted molar refractivity (Wildman–Crippen MR) is 78.4 cm³/mol. The predicted octanol–water partition coefficient (Wildman–Crippen LogP) is 1.03. The number of aliphatic hydroxyl groups excluding tert-OH is 1. The summed E-state index contributed by atoms with van der Waals surface area (Å²) in [7, 11) is 2.08. The van der Waals surface area contributed by atoms with Crippen LogP contribution in [-0.4, -0.2) is 56.4 Å². The van der Waals surface area contributed by atoms with Gasteiger partial charge in [0, 0.05) is 19.6 Å². The molecule has 112 valence electrons. The summed E-state index contributed by atoms with van der Waals surface area (Å²) in [5.74, 6) is 1.48. The highest BCUT2D eigenvalue weighted by Crippen LogP contribution is 2.32. The van der Waals surface area contributed by atoms with Gasteiger partial charge in [0.25, 0.3) is 0 Å². The normalized spacial score (nSPS) is 15.4. The van der Waals surface area contributed by atoms with Gasteiger partial charge < -0.3 is 24.8 Å². The first-order chi connectivity index (χ1) is 9.70. The topological polar surface area (TPSA) is 54.0 Å². The quantitative estimate of drug-likeness (QED) is 0.731. The number of fused-ring (bicyclic) bond motifs is 1. The summed E-state index contributed by atoms with van der Waals surface area (Å²) >= 11 is 0. The molecule has 0 bridgehead atoms. The lowest BCUT2D eigenvalue weighted by Crippen LogP contribution is -2.31. The molecule has 1 heterocycles. The molecule has 5 heteroatoms. The average Bonchev–Trinajstić information content (AvgIpc) is 2.50. The highest BCUT2D eigenvalue weighted by atomic mass is 16.6. The van der Waals surface area contributed by atoms with Crippen LogP contribution in [0, 0.1) is 0 Å². The van der Waals surface area contributed by atoms with Crippen molar-refractivity contribution in [3.05, 3.63) is 23.8 Å². The monoisotopic (exact) mass is 280 g/mol. The highest BCUT2D eigenvalue weighted by molar-refractivity contribution is 5.44. The molecule has 0 amide bonds. The van der Waals surface area contributed by atoms with Gasteiger partial charge in [0.05, 0.1) is 6.10 Å². The van der Waals surface area contributed by atoms with Gasteiger partial charge in [-0.15, -0.1) is 0 Å². The number of likely N-dealkylation sites (N-methyl/N-ethyl adjacent to an activating group) is 1. The van der Waals surface area contributed by atoms with Gasteiger partial charge in [-0.1, -0.05) is 13.0 Å². The minimum atomic E-state index is -0.530. The zero-order chi connectivity index (χ0) is 14.4. The molecule has 1 aromatic rings. The maximum absolute atomic E-state index is 10.2. The van der Waals surface area contributed by atoms with Crippen LogP contribution in [0.1, 0.15) is 18.6 Å². The summed E-state index contributed by atoms with van der Waals surface area (Å²) in [4.78, 5) is 2.23. The standard InChI is InChI=1S/C15H24N2O3/c1-3-17(2)7-6-16-11-13(18)12-4-5-14-15(10-12)20-9-8-19-14/h4-5,10,13,16,18H,3,6-9,11H2,1-2H3. The number of ether oxygens (including phenoxy) is 2. The van der Waals surface area contributed by atoms with Gasteiger partial charge in [0.2, 0.25) is 0 Å². The Kier molecular flexibility index (Phi) is 5.64. The molecule has 1 unspecified atom stereocenters. The van der Waals surface area contributed by atoms with Gasteiger partial charge in [-0.05, 0) is 31.3 Å². The van der Waals surface area contributed by atoms with E-state index in [9.17, 15) is 5.11 Å². The van der Waals surface area contributed by atoms with Crippen molar-refractivity contribution in [1.82, 2.24) is 10.2 Å². The van der Waals surface area contributed by atoms with Crippen molar-refractivity contribution in [2.24, 2.45) is 0 Å². The van der Waals surface area contributed by atoms with Gasteiger partial charge in [-0.25, -0.2) is 0 Å². The van der Waals surface area contributed by atoms with Crippen LogP contribution in [0.4, 0.5) is 0 Å². The zero-order valence-electron chi connectivity index (χ0n) is 12.3. The molecule has 1 aromatic carbocycles. The average molecular weight is 280 g/mol. The molecular formula is C15H24N2O3. The molecule has 1 aliphatic heterocycles. The smallest absolute Gasteiger partial charge is 0.161 e. The second kappa shape index (κ2) is 7.47. The summed E-state index contributed by atoms with van der Waals surface area (Å²) in [6, 6.07) is 5.61. The van der Waals surface area contributed by atoms with E-state index in [4.69, 9.17) is 9.47 Å². The van der Waals surface area contributed by atoms with E-state index in [-0.39, 0.29) is 0 Å². The van der Waals surface area contributed by atoms with E-state index < -0.39 is 6.10 Å². The van der Waals surface area contributed by atoms with Gasteiger partial charge >= 0.3 is 0 Å². The number of nitrogens with zero attached hydrogens (tertiary/aromatic N) is 1. The van der Waals surface area contributed by atoms with E-state index in [1.807, 2.05) is 18.2 Å². The Morgan fingerprint density at radius 2 is 2.05 bits per heavy atom. The van der Waals surface area contributed by atoms with Crippen molar-refractivity contribution in [2.75, 3.05) is 46.4 Å². The first-order valence-corrected chi connectivity index (χ1v) is 7.17. The first kappa shape index (κ1) is 15.1. The molecule has 0 aliphatic carbocycles.